The van der Waals surface area contributed by atoms with Crippen LogP contribution >= 0.6 is 0 Å². The van der Waals surface area contributed by atoms with E-state index in [9.17, 15) is 4.79 Å². The molecule has 0 aromatic carbocycles. The van der Waals surface area contributed by atoms with Gasteiger partial charge in [0.1, 0.15) is 6.61 Å². The molecule has 3 aromatic rings. The minimum atomic E-state index is -0.165. The van der Waals surface area contributed by atoms with Crippen LogP contribution in [0.2, 0.25) is 0 Å². The van der Waals surface area contributed by atoms with Crippen LogP contribution in [0.15, 0.2) is 47.7 Å². The summed E-state index contributed by atoms with van der Waals surface area (Å²) in [5, 5.41) is 6.36. The van der Waals surface area contributed by atoms with Crippen molar-refractivity contribution in [3.63, 3.8) is 0 Å². The molecule has 0 fully saturated rings. The van der Waals surface area contributed by atoms with Crippen LogP contribution in [0.25, 0.3) is 0 Å². The van der Waals surface area contributed by atoms with Gasteiger partial charge in [-0.05, 0) is 24.6 Å². The van der Waals surface area contributed by atoms with Gasteiger partial charge in [0.2, 0.25) is 5.88 Å². The van der Waals surface area contributed by atoms with Gasteiger partial charge in [-0.25, -0.2) is 10.1 Å². The van der Waals surface area contributed by atoms with Crippen LogP contribution in [0.3, 0.4) is 0 Å². The lowest BCUT2D eigenvalue weighted by atomic mass is 10.2. The van der Waals surface area contributed by atoms with E-state index in [1.54, 1.807) is 25.5 Å². The molecule has 1 aliphatic heterocycles. The Labute approximate surface area is 144 Å². The molecule has 0 aliphatic carbocycles. The van der Waals surface area contributed by atoms with Gasteiger partial charge in [0.15, 0.2) is 0 Å². The molecular formula is C18H17N5O2. The Morgan fingerprint density at radius 3 is 3.00 bits per heavy atom. The van der Waals surface area contributed by atoms with Crippen LogP contribution < -0.4 is 15.2 Å². The summed E-state index contributed by atoms with van der Waals surface area (Å²) in [5.74, 6) is 0.588. The highest BCUT2D eigenvalue weighted by atomic mass is 16.5. The van der Waals surface area contributed by atoms with Gasteiger partial charge >= 0.3 is 0 Å². The van der Waals surface area contributed by atoms with E-state index in [-0.39, 0.29) is 5.56 Å². The summed E-state index contributed by atoms with van der Waals surface area (Å²) < 4.78 is 5.76. The van der Waals surface area contributed by atoms with Crippen molar-refractivity contribution < 1.29 is 4.74 Å². The summed E-state index contributed by atoms with van der Waals surface area (Å²) in [6.07, 6.45) is 5.19. The van der Waals surface area contributed by atoms with Crippen LogP contribution in [0.4, 0.5) is 5.69 Å². The Bertz CT molecular complexity index is 955. The molecular weight excluding hydrogens is 318 g/mol. The second-order valence-corrected chi connectivity index (χ2v) is 5.97. The molecule has 7 heteroatoms. The highest BCUT2D eigenvalue weighted by Crippen LogP contribution is 2.29. The largest absolute Gasteiger partial charge is 0.473 e. The maximum absolute atomic E-state index is 11.8. The molecule has 7 nitrogen and oxygen atoms in total. The molecule has 0 spiro atoms. The number of nitrogens with one attached hydrogen (secondary N) is 1. The second-order valence-electron chi connectivity index (χ2n) is 5.97. The van der Waals surface area contributed by atoms with Gasteiger partial charge in [-0.15, -0.1) is 0 Å². The van der Waals surface area contributed by atoms with Crippen molar-refractivity contribution in [3.8, 4) is 5.88 Å². The molecule has 126 valence electrons. The summed E-state index contributed by atoms with van der Waals surface area (Å²) in [6.45, 7) is 3.57. The predicted molar refractivity (Wildman–Crippen MR) is 92.3 cm³/mol. The van der Waals surface area contributed by atoms with E-state index in [1.165, 1.54) is 0 Å². The van der Waals surface area contributed by atoms with Crippen LogP contribution in [0, 0.1) is 6.92 Å². The van der Waals surface area contributed by atoms with E-state index in [4.69, 9.17) is 4.74 Å². The fourth-order valence-corrected chi connectivity index (χ4v) is 2.89. The van der Waals surface area contributed by atoms with Crippen LogP contribution in [0.1, 0.15) is 22.4 Å². The maximum Gasteiger partial charge on any atom is 0.269 e. The van der Waals surface area contributed by atoms with Crippen molar-refractivity contribution in [2.45, 2.75) is 26.6 Å². The lowest BCUT2D eigenvalue weighted by Crippen LogP contribution is -2.21. The summed E-state index contributed by atoms with van der Waals surface area (Å²) in [5.41, 5.74) is 4.42. The van der Waals surface area contributed by atoms with Gasteiger partial charge in [0.05, 0.1) is 24.1 Å². The fourth-order valence-electron chi connectivity index (χ4n) is 2.89. The summed E-state index contributed by atoms with van der Waals surface area (Å²) in [7, 11) is 0. The zero-order chi connectivity index (χ0) is 17.2. The zero-order valence-corrected chi connectivity index (χ0v) is 13.8. The maximum atomic E-state index is 11.8. The van der Waals surface area contributed by atoms with Crippen molar-refractivity contribution in [2.75, 3.05) is 4.90 Å². The average molecular weight is 335 g/mol. The number of ether oxygens (including phenoxy) is 1. The highest BCUT2D eigenvalue weighted by Gasteiger charge is 2.23. The van der Waals surface area contributed by atoms with E-state index in [0.29, 0.717) is 31.1 Å². The van der Waals surface area contributed by atoms with Gasteiger partial charge in [-0.1, -0.05) is 6.07 Å². The Balaban J connectivity index is 1.50. The number of pyridine rings is 2. The SMILES string of the molecule is Cc1c(N2Cc3ccc(OCc4cccnc4)nc3C2)cn[nH]c1=O. The molecule has 1 aliphatic rings. The first-order valence-electron chi connectivity index (χ1n) is 8.00. The molecule has 0 saturated heterocycles. The standard InChI is InChI=1S/C18H17N5O2/c1-12-16(8-20-22-18(12)24)23-9-14-4-5-17(21-15(14)10-23)25-11-13-3-2-6-19-7-13/h2-8H,9-11H2,1H3,(H,22,24). The second kappa shape index (κ2) is 6.35. The molecule has 0 unspecified atom stereocenters. The van der Waals surface area contributed by atoms with Gasteiger partial charge in [0.25, 0.3) is 5.56 Å². The molecule has 0 bridgehead atoms. The molecule has 0 saturated carbocycles. The number of aromatic amines is 1. The molecule has 3 aromatic heterocycles. The first-order chi connectivity index (χ1) is 12.2. The summed E-state index contributed by atoms with van der Waals surface area (Å²) in [6, 6.07) is 7.74. The molecule has 4 heterocycles. The number of hydrogen-bond donors (Lipinski definition) is 1. The Morgan fingerprint density at radius 1 is 1.24 bits per heavy atom. The third-order valence-corrected chi connectivity index (χ3v) is 4.27. The van der Waals surface area contributed by atoms with Crippen LogP contribution in [0.5, 0.6) is 5.88 Å². The van der Waals surface area contributed by atoms with E-state index in [2.05, 4.69) is 25.1 Å². The van der Waals surface area contributed by atoms with Crippen molar-refractivity contribution in [1.29, 1.82) is 0 Å². The van der Waals surface area contributed by atoms with E-state index < -0.39 is 0 Å². The van der Waals surface area contributed by atoms with E-state index in [0.717, 1.165) is 22.5 Å². The van der Waals surface area contributed by atoms with Crippen LogP contribution in [-0.2, 0) is 19.7 Å². The number of rotatable bonds is 4. The molecule has 1 N–H and O–H groups in total. The quantitative estimate of drug-likeness (QED) is 0.785. The van der Waals surface area contributed by atoms with E-state index in [1.807, 2.05) is 24.3 Å². The minimum absolute atomic E-state index is 0.165. The first kappa shape index (κ1) is 15.3. The van der Waals surface area contributed by atoms with Crippen molar-refractivity contribution in [2.24, 2.45) is 0 Å². The molecule has 0 radical (unpaired) electrons. The van der Waals surface area contributed by atoms with Crippen LogP contribution in [-0.4, -0.2) is 20.2 Å². The zero-order valence-electron chi connectivity index (χ0n) is 13.8. The van der Waals surface area contributed by atoms with Gasteiger partial charge in [0, 0.05) is 36.1 Å². The van der Waals surface area contributed by atoms with Crippen molar-refractivity contribution >= 4 is 5.69 Å². The summed E-state index contributed by atoms with van der Waals surface area (Å²) in [4.78, 5) is 22.5. The van der Waals surface area contributed by atoms with Gasteiger partial charge < -0.3 is 9.64 Å². The van der Waals surface area contributed by atoms with Gasteiger partial charge in [-0.3, -0.25) is 9.78 Å². The fraction of sp³-hybridized carbons (Fsp3) is 0.222. The normalized spacial score (nSPS) is 12.9. The highest BCUT2D eigenvalue weighted by molar-refractivity contribution is 5.53. The third kappa shape index (κ3) is 3.08. The number of anilines is 1. The summed E-state index contributed by atoms with van der Waals surface area (Å²) >= 11 is 0. The smallest absolute Gasteiger partial charge is 0.269 e. The topological polar surface area (TPSA) is 84.0 Å². The lowest BCUT2D eigenvalue weighted by Gasteiger charge is -2.18. The predicted octanol–water partition coefficient (Wildman–Crippen LogP) is 1.97. The van der Waals surface area contributed by atoms with Gasteiger partial charge in [-0.2, -0.15) is 5.10 Å². The number of H-pyrrole nitrogens is 1. The Morgan fingerprint density at radius 2 is 2.16 bits per heavy atom. The Kier molecular flexibility index (Phi) is 3.89. The van der Waals surface area contributed by atoms with Crippen molar-refractivity contribution in [1.82, 2.24) is 20.2 Å². The number of aromatic nitrogens is 4. The lowest BCUT2D eigenvalue weighted by molar-refractivity contribution is 0.292. The molecule has 25 heavy (non-hydrogen) atoms. The molecule has 4 rings (SSSR count). The minimum Gasteiger partial charge on any atom is -0.473 e. The number of nitrogens with zero attached hydrogens (tertiary/aromatic N) is 4. The number of fused-ring (bicyclic) bond motifs is 1. The van der Waals surface area contributed by atoms with E-state index >= 15 is 0 Å². The average Bonchev–Trinajstić information content (AvgIpc) is 3.06. The third-order valence-electron chi connectivity index (χ3n) is 4.27. The molecule has 0 amide bonds. The first-order valence-corrected chi connectivity index (χ1v) is 8.00. The Hall–Kier alpha value is -3.22. The van der Waals surface area contributed by atoms with Crippen molar-refractivity contribution in [3.05, 3.63) is 75.6 Å². The number of hydrogen-bond acceptors (Lipinski definition) is 6. The monoisotopic (exact) mass is 335 g/mol. The molecule has 0 atom stereocenters.